The monoisotopic (exact) mass is 366 g/mol. The number of amides is 1. The Morgan fingerprint density at radius 2 is 1.93 bits per heavy atom. The highest BCUT2D eigenvalue weighted by Gasteiger charge is 2.19. The molecule has 1 aromatic heterocycles. The van der Waals surface area contributed by atoms with Crippen LogP contribution >= 0.6 is 0 Å². The lowest BCUT2D eigenvalue weighted by atomic mass is 10.1. The van der Waals surface area contributed by atoms with Crippen LogP contribution in [0.5, 0.6) is 0 Å². The van der Waals surface area contributed by atoms with Crippen LogP contribution in [0, 0.1) is 0 Å². The van der Waals surface area contributed by atoms with Gasteiger partial charge in [0.2, 0.25) is 0 Å². The van der Waals surface area contributed by atoms with Gasteiger partial charge in [0.15, 0.2) is 5.82 Å². The van der Waals surface area contributed by atoms with Gasteiger partial charge in [-0.25, -0.2) is 0 Å². The number of hydrogen-bond acceptors (Lipinski definition) is 5. The van der Waals surface area contributed by atoms with Crippen LogP contribution in [0.15, 0.2) is 36.4 Å². The molecule has 0 saturated carbocycles. The van der Waals surface area contributed by atoms with Gasteiger partial charge in [-0.05, 0) is 43.5 Å². The van der Waals surface area contributed by atoms with E-state index >= 15 is 0 Å². The Hall–Kier alpha value is -2.47. The SMILES string of the molecule is O=C(N[C@@H]1CCOC1)c1cccc(-c2ccc(N3CCCCCC3)nn2)c1. The van der Waals surface area contributed by atoms with Gasteiger partial charge in [0.05, 0.1) is 18.3 Å². The maximum atomic E-state index is 12.5. The van der Waals surface area contributed by atoms with Gasteiger partial charge in [-0.15, -0.1) is 10.2 Å². The van der Waals surface area contributed by atoms with E-state index < -0.39 is 0 Å². The maximum absolute atomic E-state index is 12.5. The van der Waals surface area contributed by atoms with E-state index in [0.29, 0.717) is 18.8 Å². The summed E-state index contributed by atoms with van der Waals surface area (Å²) in [5.74, 6) is 0.872. The van der Waals surface area contributed by atoms with E-state index in [1.54, 1.807) is 0 Å². The minimum atomic E-state index is -0.0681. The number of benzene rings is 1. The summed E-state index contributed by atoms with van der Waals surface area (Å²) in [6.07, 6.45) is 5.89. The molecule has 27 heavy (non-hydrogen) atoms. The molecule has 0 bridgehead atoms. The summed E-state index contributed by atoms with van der Waals surface area (Å²) < 4.78 is 5.32. The number of ether oxygens (including phenoxy) is 1. The van der Waals surface area contributed by atoms with E-state index in [4.69, 9.17) is 4.74 Å². The van der Waals surface area contributed by atoms with Gasteiger partial charge in [0.25, 0.3) is 5.91 Å². The molecule has 2 aliphatic heterocycles. The van der Waals surface area contributed by atoms with Crippen molar-refractivity contribution in [2.45, 2.75) is 38.1 Å². The van der Waals surface area contributed by atoms with Gasteiger partial charge in [-0.2, -0.15) is 0 Å². The largest absolute Gasteiger partial charge is 0.379 e. The number of hydrogen-bond donors (Lipinski definition) is 1. The van der Waals surface area contributed by atoms with E-state index in [0.717, 1.165) is 36.6 Å². The normalized spacial score (nSPS) is 20.3. The predicted octanol–water partition coefficient (Wildman–Crippen LogP) is 3.04. The third-order valence-electron chi connectivity index (χ3n) is 5.27. The van der Waals surface area contributed by atoms with Crippen molar-refractivity contribution in [3.63, 3.8) is 0 Å². The molecule has 0 aliphatic carbocycles. The summed E-state index contributed by atoms with van der Waals surface area (Å²) in [5, 5.41) is 11.9. The second-order valence-corrected chi connectivity index (χ2v) is 7.29. The molecule has 6 heteroatoms. The standard InChI is InChI=1S/C21H26N4O2/c26-21(22-18-10-13-27-15-18)17-7-5-6-16(14-17)19-8-9-20(24-23-19)25-11-3-1-2-4-12-25/h5-9,14,18H,1-4,10-13,15H2,(H,22,26)/t18-/m1/s1. The fourth-order valence-corrected chi connectivity index (χ4v) is 3.68. The van der Waals surface area contributed by atoms with Crippen molar-refractivity contribution in [1.29, 1.82) is 0 Å². The summed E-state index contributed by atoms with van der Waals surface area (Å²) in [7, 11) is 0. The molecule has 1 amide bonds. The van der Waals surface area contributed by atoms with E-state index in [-0.39, 0.29) is 11.9 Å². The van der Waals surface area contributed by atoms with Crippen molar-refractivity contribution in [2.24, 2.45) is 0 Å². The zero-order valence-electron chi connectivity index (χ0n) is 15.6. The Morgan fingerprint density at radius 3 is 2.63 bits per heavy atom. The number of nitrogens with zero attached hydrogens (tertiary/aromatic N) is 3. The van der Waals surface area contributed by atoms with Crippen LogP contribution in [0.2, 0.25) is 0 Å². The van der Waals surface area contributed by atoms with E-state index in [9.17, 15) is 4.79 Å². The highest BCUT2D eigenvalue weighted by molar-refractivity contribution is 5.95. The predicted molar refractivity (Wildman–Crippen MR) is 105 cm³/mol. The van der Waals surface area contributed by atoms with Crippen molar-refractivity contribution in [3.05, 3.63) is 42.0 Å². The molecule has 0 radical (unpaired) electrons. The Kier molecular flexibility index (Phi) is 5.63. The van der Waals surface area contributed by atoms with Crippen LogP contribution in [0.25, 0.3) is 11.3 Å². The summed E-state index contributed by atoms with van der Waals surface area (Å²) in [6, 6.07) is 11.7. The van der Waals surface area contributed by atoms with Gasteiger partial charge in [0, 0.05) is 30.8 Å². The Balaban J connectivity index is 1.47. The molecule has 2 fully saturated rings. The van der Waals surface area contributed by atoms with Crippen molar-refractivity contribution in [1.82, 2.24) is 15.5 Å². The third kappa shape index (κ3) is 4.45. The van der Waals surface area contributed by atoms with Crippen LogP contribution in [0.1, 0.15) is 42.5 Å². The molecule has 2 aromatic rings. The number of carbonyl (C=O) groups is 1. The van der Waals surface area contributed by atoms with Gasteiger partial charge in [-0.3, -0.25) is 4.79 Å². The number of anilines is 1. The molecule has 0 unspecified atom stereocenters. The van der Waals surface area contributed by atoms with Crippen molar-refractivity contribution >= 4 is 11.7 Å². The highest BCUT2D eigenvalue weighted by Crippen LogP contribution is 2.22. The smallest absolute Gasteiger partial charge is 0.251 e. The second kappa shape index (κ2) is 8.48. The first-order valence-electron chi connectivity index (χ1n) is 9.87. The topological polar surface area (TPSA) is 67.3 Å². The summed E-state index contributed by atoms with van der Waals surface area (Å²) in [5.41, 5.74) is 2.32. The fraction of sp³-hybridized carbons (Fsp3) is 0.476. The van der Waals surface area contributed by atoms with Crippen molar-refractivity contribution in [2.75, 3.05) is 31.2 Å². The summed E-state index contributed by atoms with van der Waals surface area (Å²) >= 11 is 0. The van der Waals surface area contributed by atoms with Crippen LogP contribution < -0.4 is 10.2 Å². The van der Waals surface area contributed by atoms with Gasteiger partial charge in [-0.1, -0.05) is 25.0 Å². The molecule has 1 N–H and O–H groups in total. The molecule has 1 atom stereocenters. The zero-order chi connectivity index (χ0) is 18.5. The minimum Gasteiger partial charge on any atom is -0.379 e. The van der Waals surface area contributed by atoms with Gasteiger partial charge in [0.1, 0.15) is 0 Å². The lowest BCUT2D eigenvalue weighted by Gasteiger charge is -2.20. The van der Waals surface area contributed by atoms with E-state index in [2.05, 4.69) is 20.4 Å². The van der Waals surface area contributed by atoms with E-state index in [1.165, 1.54) is 25.7 Å². The van der Waals surface area contributed by atoms with E-state index in [1.807, 2.05) is 36.4 Å². The second-order valence-electron chi connectivity index (χ2n) is 7.29. The van der Waals surface area contributed by atoms with Crippen LogP contribution in [-0.4, -0.2) is 48.4 Å². The molecular formula is C21H26N4O2. The molecule has 6 nitrogen and oxygen atoms in total. The summed E-state index contributed by atoms with van der Waals surface area (Å²) in [4.78, 5) is 14.8. The van der Waals surface area contributed by atoms with Crippen LogP contribution in [0.3, 0.4) is 0 Å². The number of nitrogens with one attached hydrogen (secondary N) is 1. The van der Waals surface area contributed by atoms with Crippen LogP contribution in [0.4, 0.5) is 5.82 Å². The Bertz CT molecular complexity index is 764. The average molecular weight is 366 g/mol. The molecule has 3 heterocycles. The lowest BCUT2D eigenvalue weighted by Crippen LogP contribution is -2.34. The number of rotatable bonds is 4. The van der Waals surface area contributed by atoms with Gasteiger partial charge < -0.3 is 15.0 Å². The maximum Gasteiger partial charge on any atom is 0.251 e. The Morgan fingerprint density at radius 1 is 1.07 bits per heavy atom. The average Bonchev–Trinajstić information content (AvgIpc) is 3.07. The number of aromatic nitrogens is 2. The summed E-state index contributed by atoms with van der Waals surface area (Å²) in [6.45, 7) is 3.40. The first-order chi connectivity index (χ1) is 13.3. The molecule has 2 saturated heterocycles. The van der Waals surface area contributed by atoms with Crippen LogP contribution in [-0.2, 0) is 4.74 Å². The fourth-order valence-electron chi connectivity index (χ4n) is 3.68. The van der Waals surface area contributed by atoms with Crippen molar-refractivity contribution < 1.29 is 9.53 Å². The molecule has 142 valence electrons. The molecule has 2 aliphatic rings. The molecular weight excluding hydrogens is 340 g/mol. The molecule has 4 rings (SSSR count). The quantitative estimate of drug-likeness (QED) is 0.901. The zero-order valence-corrected chi connectivity index (χ0v) is 15.6. The minimum absolute atomic E-state index is 0.0681. The third-order valence-corrected chi connectivity index (χ3v) is 5.27. The molecule has 1 aromatic carbocycles. The van der Waals surface area contributed by atoms with Crippen molar-refractivity contribution in [3.8, 4) is 11.3 Å². The first kappa shape index (κ1) is 17.9. The number of carbonyl (C=O) groups excluding carboxylic acids is 1. The lowest BCUT2D eigenvalue weighted by molar-refractivity contribution is 0.0930. The Labute approximate surface area is 159 Å². The van der Waals surface area contributed by atoms with Gasteiger partial charge >= 0.3 is 0 Å². The highest BCUT2D eigenvalue weighted by atomic mass is 16.5. The first-order valence-corrected chi connectivity index (χ1v) is 9.87. The molecule has 0 spiro atoms.